The van der Waals surface area contributed by atoms with Crippen molar-refractivity contribution in [1.82, 2.24) is 38.2 Å². The minimum Gasteiger partial charge on any atom is -0.461 e. The van der Waals surface area contributed by atoms with Crippen molar-refractivity contribution in [3.05, 3.63) is 112 Å². The zero-order valence-corrected chi connectivity index (χ0v) is 55.5. The summed E-state index contributed by atoms with van der Waals surface area (Å²) >= 11 is 24.8. The molecule has 4 saturated carbocycles. The van der Waals surface area contributed by atoms with Crippen molar-refractivity contribution in [2.45, 2.75) is 249 Å². The average Bonchev–Trinajstić information content (AvgIpc) is 1.58. The highest BCUT2D eigenvalue weighted by Gasteiger charge is 2.70. The zero-order chi connectivity index (χ0) is 66.5. The van der Waals surface area contributed by atoms with Gasteiger partial charge in [0.1, 0.15) is 83.7 Å². The Labute approximate surface area is 563 Å². The SMILES string of the molecule is CC[C@@]1(CCl)O[C@@H](n2ccc(=O)[nH]c2=O)[C@@H]2OC3(CCCC3)O[C@@H]21.CC[C@@]1(CCl)O[C@@H](n2ccc(N)nc2=O)[C@@H]2OC3(CCCC3)O[C@@H]21.O=c1ccn([C@@H]2O[C@@](CO)(CCl)[C@H]3OC4(CCCC4)O[C@@H]23)c(=O)[nH]1.O=c1ccn2c(n1)OC[C@@]1(CCl)O[C@@H]2[C@@H]2OC3(CCCC3)O[C@@H]21. The van der Waals surface area contributed by atoms with E-state index in [1.54, 1.807) is 23.0 Å². The number of nitrogens with zero attached hydrogens (tertiary/aromatic N) is 6. The normalized spacial score (nSPS) is 37.8. The molecule has 2 bridgehead atoms. The van der Waals surface area contributed by atoms with E-state index in [1.807, 2.05) is 13.8 Å². The number of H-pyrrole nitrogens is 2. The van der Waals surface area contributed by atoms with E-state index < -0.39 is 117 Å². The molecule has 17 rings (SSSR count). The van der Waals surface area contributed by atoms with Gasteiger partial charge in [0.05, 0.1) is 30.1 Å². The number of rotatable bonds is 10. The molecule has 520 valence electrons. The Morgan fingerprint density at radius 3 is 1.25 bits per heavy atom. The zero-order valence-electron chi connectivity index (χ0n) is 52.5. The van der Waals surface area contributed by atoms with Crippen LogP contribution in [0, 0.1) is 0 Å². The van der Waals surface area contributed by atoms with E-state index in [2.05, 4.69) is 19.9 Å². The summed E-state index contributed by atoms with van der Waals surface area (Å²) < 4.78 is 86.3. The number of aliphatic hydroxyl groups excluding tert-OH is 1. The lowest BCUT2D eigenvalue weighted by atomic mass is 9.94. The van der Waals surface area contributed by atoms with Crippen molar-refractivity contribution >= 4 is 52.2 Å². The van der Waals surface area contributed by atoms with Gasteiger partial charge in [0, 0.05) is 94.4 Å². The number of nitrogens with one attached hydrogen (secondary N) is 2. The number of nitrogens with two attached hydrogens (primary N) is 1. The molecule has 4 aliphatic carbocycles. The van der Waals surface area contributed by atoms with Gasteiger partial charge in [0.15, 0.2) is 48.1 Å². The number of aromatic amines is 2. The Morgan fingerprint density at radius 2 is 0.853 bits per heavy atom. The fourth-order valence-corrected chi connectivity index (χ4v) is 17.6. The van der Waals surface area contributed by atoms with Crippen LogP contribution in [0.1, 0.15) is 154 Å². The smallest absolute Gasteiger partial charge is 0.351 e. The highest BCUT2D eigenvalue weighted by molar-refractivity contribution is 6.19. The number of alkyl halides is 4. The van der Waals surface area contributed by atoms with Crippen LogP contribution in [0.4, 0.5) is 5.82 Å². The molecular formula is C62H79Cl4N9O20. The maximum absolute atomic E-state index is 12.3. The van der Waals surface area contributed by atoms with Crippen LogP contribution in [0.5, 0.6) is 6.01 Å². The largest absolute Gasteiger partial charge is 0.461 e. The standard InChI is InChI=1S/C16H22ClN3O4.C16H21ClN2O5.C15H19ClN2O6.C15H17ClN2O5/c1-2-15(9-17)12-11(22-16(23-12)6-3-4-7-16)13(24-15)20-8-5-10(18)19-14(20)21;1-2-15(9-17)12-11(22-16(23-12)6-3-4-7-16)13(24-15)19-8-5-10(20)18-14(19)21;16-7-14(8-19)11-10(22-15(23-11)4-1-2-5-15)12(24-14)18-6-3-9(20)17-13(18)21;16-7-14-8-20-13-17-9(19)3-6-18(13)12(23-14)10-11(14)22-15(21-10)4-1-2-5-15/h5,8,11-13H,2-4,6-7,9H2,1H3,(H2,18,19,21);5,8,11-13H,2-4,6-7,9H2,1H3,(H,18,20,21);3,6,10-12,19H,1-2,4-5,7-8H2,(H,17,20,21);3,6,10-12H,1-2,4-5,7-8H2/t2*11-,12+,13-,15+;2*10-,11+,12-,14-/m1111/s1. The Balaban J connectivity index is 0.000000109. The fraction of sp³-hybridized carbons (Fsp3) is 0.742. The number of halogens is 4. The van der Waals surface area contributed by atoms with Crippen molar-refractivity contribution in [2.24, 2.45) is 0 Å². The van der Waals surface area contributed by atoms with E-state index in [1.165, 1.54) is 44.3 Å². The summed E-state index contributed by atoms with van der Waals surface area (Å²) in [6.07, 6.45) is 16.8. The van der Waals surface area contributed by atoms with E-state index in [4.69, 9.17) is 114 Å². The van der Waals surface area contributed by atoms with Crippen LogP contribution in [0.15, 0.2) is 77.8 Å². The van der Waals surface area contributed by atoms with Gasteiger partial charge in [0.2, 0.25) is 0 Å². The van der Waals surface area contributed by atoms with E-state index in [0.29, 0.717) is 12.8 Å². The van der Waals surface area contributed by atoms with E-state index in [0.717, 1.165) is 103 Å². The van der Waals surface area contributed by atoms with Gasteiger partial charge in [-0.25, -0.2) is 14.4 Å². The first-order valence-electron chi connectivity index (χ1n) is 32.9. The third-order valence-electron chi connectivity index (χ3n) is 21.3. The number of nitrogen functional groups attached to an aromatic ring is 1. The van der Waals surface area contributed by atoms with Crippen LogP contribution in [-0.4, -0.2) is 174 Å². The fourth-order valence-electron chi connectivity index (χ4n) is 16.2. The molecule has 16 atom stereocenters. The molecule has 13 aliphatic rings. The van der Waals surface area contributed by atoms with Crippen LogP contribution in [0.3, 0.4) is 0 Å². The molecule has 0 unspecified atom stereocenters. The molecule has 29 nitrogen and oxygen atoms in total. The van der Waals surface area contributed by atoms with Crippen LogP contribution in [-0.2, 0) is 56.8 Å². The molecule has 33 heteroatoms. The number of ether oxygens (including phenoxy) is 13. The minimum atomic E-state index is -1.15. The van der Waals surface area contributed by atoms with E-state index in [9.17, 15) is 33.9 Å². The summed E-state index contributed by atoms with van der Waals surface area (Å²) in [5, 5.41) is 9.88. The van der Waals surface area contributed by atoms with E-state index >= 15 is 0 Å². The van der Waals surface area contributed by atoms with Gasteiger partial charge < -0.3 is 72.4 Å². The molecule has 4 spiro atoms. The van der Waals surface area contributed by atoms with Crippen molar-refractivity contribution in [1.29, 1.82) is 0 Å². The monoisotopic (exact) mass is 1410 g/mol. The number of hydrogen-bond acceptors (Lipinski definition) is 23. The molecular weight excluding hydrogens is 1330 g/mol. The average molecular weight is 1410 g/mol. The number of fused-ring (bicyclic) bond motifs is 10. The van der Waals surface area contributed by atoms with Gasteiger partial charge in [-0.05, 0) is 70.3 Å². The lowest BCUT2D eigenvalue weighted by Crippen LogP contribution is -2.50. The minimum absolute atomic E-state index is 0.00128. The molecule has 13 heterocycles. The number of anilines is 1. The molecule has 12 fully saturated rings. The predicted molar refractivity (Wildman–Crippen MR) is 335 cm³/mol. The van der Waals surface area contributed by atoms with Crippen molar-refractivity contribution in [2.75, 3.05) is 42.5 Å². The molecule has 4 aromatic heterocycles. The summed E-state index contributed by atoms with van der Waals surface area (Å²) in [5.41, 5.74) is -0.617. The first-order chi connectivity index (χ1) is 45.7. The second-order valence-corrected chi connectivity index (χ2v) is 28.0. The van der Waals surface area contributed by atoms with Crippen molar-refractivity contribution < 1.29 is 66.7 Å². The predicted octanol–water partition coefficient (Wildman–Crippen LogP) is 4.59. The van der Waals surface area contributed by atoms with E-state index in [-0.39, 0.29) is 84.6 Å². The Hall–Kier alpha value is -4.64. The maximum Gasteiger partial charge on any atom is 0.351 e. The first-order valence-corrected chi connectivity index (χ1v) is 35.0. The molecule has 4 aromatic rings. The van der Waals surface area contributed by atoms with Gasteiger partial charge in [-0.3, -0.25) is 42.6 Å². The number of aromatic nitrogens is 8. The van der Waals surface area contributed by atoms with Gasteiger partial charge in [-0.1, -0.05) is 13.8 Å². The van der Waals surface area contributed by atoms with Gasteiger partial charge in [-0.2, -0.15) is 9.97 Å². The van der Waals surface area contributed by atoms with Crippen LogP contribution in [0.2, 0.25) is 0 Å². The van der Waals surface area contributed by atoms with Crippen LogP contribution >= 0.6 is 46.4 Å². The highest BCUT2D eigenvalue weighted by atomic mass is 35.5. The Bertz CT molecular complexity index is 3710. The third kappa shape index (κ3) is 11.6. The lowest BCUT2D eigenvalue weighted by molar-refractivity contribution is -0.235. The Morgan fingerprint density at radius 1 is 0.474 bits per heavy atom. The second kappa shape index (κ2) is 25.8. The summed E-state index contributed by atoms with van der Waals surface area (Å²) in [4.78, 5) is 83.0. The van der Waals surface area contributed by atoms with Gasteiger partial charge in [0.25, 0.3) is 16.7 Å². The molecule has 0 amide bonds. The molecule has 5 N–H and O–H groups in total. The molecule has 0 aromatic carbocycles. The quantitative estimate of drug-likeness (QED) is 0.158. The maximum atomic E-state index is 12.3. The number of aliphatic hydroxyl groups is 1. The van der Waals surface area contributed by atoms with Crippen molar-refractivity contribution in [3.63, 3.8) is 0 Å². The summed E-state index contributed by atoms with van der Waals surface area (Å²) in [6, 6.07) is 5.74. The molecule has 95 heavy (non-hydrogen) atoms. The highest BCUT2D eigenvalue weighted by Crippen LogP contribution is 2.58. The molecule has 8 saturated heterocycles. The first kappa shape index (κ1) is 67.5. The Kier molecular flexibility index (Phi) is 18.4. The summed E-state index contributed by atoms with van der Waals surface area (Å²) in [5.74, 6) is -1.44. The topological polar surface area (TPSA) is 346 Å². The van der Waals surface area contributed by atoms with Gasteiger partial charge >= 0.3 is 23.1 Å². The van der Waals surface area contributed by atoms with Crippen molar-refractivity contribution in [3.8, 4) is 6.01 Å². The summed E-state index contributed by atoms with van der Waals surface area (Å²) in [7, 11) is 0. The molecule has 0 radical (unpaired) electrons. The second-order valence-electron chi connectivity index (χ2n) is 27.0. The van der Waals surface area contributed by atoms with Gasteiger partial charge in [-0.15, -0.1) is 46.4 Å². The molecule has 9 aliphatic heterocycles. The van der Waals surface area contributed by atoms with Crippen LogP contribution < -0.4 is 44.2 Å². The summed E-state index contributed by atoms with van der Waals surface area (Å²) in [6.45, 7) is 3.82. The number of hydrogen-bond donors (Lipinski definition) is 4. The lowest BCUT2D eigenvalue weighted by Gasteiger charge is -2.33. The van der Waals surface area contributed by atoms with Crippen LogP contribution in [0.25, 0.3) is 0 Å². The third-order valence-corrected chi connectivity index (χ3v) is 23.1.